The van der Waals surface area contributed by atoms with Crippen LogP contribution in [0.15, 0.2) is 78.1 Å². The topological polar surface area (TPSA) is 105 Å². The zero-order chi connectivity index (χ0) is 26.7. The molecule has 0 radical (unpaired) electrons. The number of carbonyl (C=O) groups excluding carboxylic acids is 1. The quantitative estimate of drug-likeness (QED) is 0.386. The lowest BCUT2D eigenvalue weighted by atomic mass is 10.1. The van der Waals surface area contributed by atoms with Crippen LogP contribution in [0, 0.1) is 5.82 Å². The number of fused-ring (bicyclic) bond motifs is 1. The van der Waals surface area contributed by atoms with E-state index in [-0.39, 0.29) is 28.1 Å². The summed E-state index contributed by atoms with van der Waals surface area (Å²) in [6.45, 7) is 2.84. The summed E-state index contributed by atoms with van der Waals surface area (Å²) in [6, 6.07) is 14.6. The van der Waals surface area contributed by atoms with Crippen LogP contribution in [0.3, 0.4) is 0 Å². The third-order valence-electron chi connectivity index (χ3n) is 6.41. The van der Waals surface area contributed by atoms with Crippen molar-refractivity contribution in [2.24, 2.45) is 0 Å². The van der Waals surface area contributed by atoms with Crippen LogP contribution in [0.2, 0.25) is 0 Å². The van der Waals surface area contributed by atoms with E-state index in [4.69, 9.17) is 4.74 Å². The van der Waals surface area contributed by atoms with Gasteiger partial charge in [0.15, 0.2) is 0 Å². The summed E-state index contributed by atoms with van der Waals surface area (Å²) in [5.74, 6) is -0.322. The second kappa shape index (κ2) is 10.7. The fraction of sp³-hybridized carbons (Fsp3) is 0.222. The molecule has 2 aromatic heterocycles. The molecule has 1 amide bonds. The smallest absolute Gasteiger partial charge is 0.264 e. The summed E-state index contributed by atoms with van der Waals surface area (Å²) in [5, 5.41) is 0.705. The summed E-state index contributed by atoms with van der Waals surface area (Å²) < 4.78 is 47.9. The molecule has 0 bridgehead atoms. The normalized spacial score (nSPS) is 14.4. The van der Waals surface area contributed by atoms with Crippen LogP contribution >= 0.6 is 0 Å². The Morgan fingerprint density at radius 1 is 1.05 bits per heavy atom. The van der Waals surface area contributed by atoms with Crippen LogP contribution in [0.1, 0.15) is 15.9 Å². The van der Waals surface area contributed by atoms with E-state index >= 15 is 0 Å². The first-order valence-electron chi connectivity index (χ1n) is 12.0. The highest BCUT2D eigenvalue weighted by Crippen LogP contribution is 2.30. The predicted molar refractivity (Wildman–Crippen MR) is 141 cm³/mol. The Hall–Kier alpha value is -4.09. The van der Waals surface area contributed by atoms with Gasteiger partial charge in [0.25, 0.3) is 15.9 Å². The van der Waals surface area contributed by atoms with Crippen LogP contribution in [0.4, 0.5) is 10.1 Å². The molecule has 1 aliphatic rings. The molecule has 9 nitrogen and oxygen atoms in total. The van der Waals surface area contributed by atoms with Gasteiger partial charge in [0.1, 0.15) is 16.5 Å². The molecule has 0 saturated carbocycles. The maximum atomic E-state index is 13.4. The van der Waals surface area contributed by atoms with Crippen LogP contribution < -0.4 is 9.46 Å². The average Bonchev–Trinajstić information content (AvgIpc) is 2.93. The highest BCUT2D eigenvalue weighted by molar-refractivity contribution is 7.93. The lowest BCUT2D eigenvalue weighted by molar-refractivity contribution is 0.0628. The van der Waals surface area contributed by atoms with E-state index in [0.717, 1.165) is 5.56 Å². The summed E-state index contributed by atoms with van der Waals surface area (Å²) in [4.78, 5) is 25.2. The highest BCUT2D eigenvalue weighted by Gasteiger charge is 2.25. The first-order valence-corrected chi connectivity index (χ1v) is 13.5. The van der Waals surface area contributed by atoms with Crippen molar-refractivity contribution in [2.45, 2.75) is 11.4 Å². The number of para-hydroxylation sites is 1. The Balaban J connectivity index is 1.28. The molecule has 1 fully saturated rings. The van der Waals surface area contributed by atoms with Gasteiger partial charge in [-0.2, -0.15) is 0 Å². The molecule has 2 aromatic carbocycles. The number of aromatic nitrogens is 2. The molecule has 0 unspecified atom stereocenters. The second-order valence-corrected chi connectivity index (χ2v) is 10.6. The van der Waals surface area contributed by atoms with Crippen molar-refractivity contribution in [1.82, 2.24) is 19.8 Å². The molecule has 3 heterocycles. The molecule has 0 atom stereocenters. The minimum absolute atomic E-state index is 0.0460. The third-order valence-corrected chi connectivity index (χ3v) is 7.80. The number of piperazine rings is 1. The fourth-order valence-electron chi connectivity index (χ4n) is 4.49. The van der Waals surface area contributed by atoms with Crippen molar-refractivity contribution in [3.05, 3.63) is 90.1 Å². The Labute approximate surface area is 219 Å². The number of carbonyl (C=O) groups is 1. The van der Waals surface area contributed by atoms with Gasteiger partial charge in [-0.05, 0) is 42.0 Å². The lowest BCUT2D eigenvalue weighted by Crippen LogP contribution is -2.48. The van der Waals surface area contributed by atoms with Gasteiger partial charge in [-0.15, -0.1) is 0 Å². The van der Waals surface area contributed by atoms with Gasteiger partial charge in [-0.3, -0.25) is 24.4 Å². The van der Waals surface area contributed by atoms with Crippen molar-refractivity contribution in [3.8, 4) is 5.75 Å². The van der Waals surface area contributed by atoms with E-state index in [2.05, 4.69) is 19.6 Å². The third kappa shape index (κ3) is 5.43. The van der Waals surface area contributed by atoms with Gasteiger partial charge in [0.05, 0.1) is 24.5 Å². The molecule has 0 aliphatic carbocycles. The Morgan fingerprint density at radius 3 is 2.61 bits per heavy atom. The molecule has 1 aliphatic heterocycles. The maximum absolute atomic E-state index is 13.4. The molecule has 196 valence electrons. The van der Waals surface area contributed by atoms with Crippen molar-refractivity contribution in [2.75, 3.05) is 38.0 Å². The predicted octanol–water partition coefficient (Wildman–Crippen LogP) is 3.54. The van der Waals surface area contributed by atoms with Crippen molar-refractivity contribution in [1.29, 1.82) is 0 Å². The van der Waals surface area contributed by atoms with Gasteiger partial charge in [0, 0.05) is 56.1 Å². The van der Waals surface area contributed by atoms with E-state index in [1.54, 1.807) is 47.6 Å². The number of pyridine rings is 2. The average molecular weight is 536 g/mol. The van der Waals surface area contributed by atoms with Gasteiger partial charge in [0.2, 0.25) is 0 Å². The number of anilines is 1. The van der Waals surface area contributed by atoms with Crippen LogP contribution in [-0.4, -0.2) is 67.4 Å². The summed E-state index contributed by atoms with van der Waals surface area (Å²) >= 11 is 0. The standard InChI is InChI=1S/C27H26FN5O4S/c1-37-24-15-21(27(34)33-12-10-32(11-13-33)18-19-14-22(28)17-29-16-19)7-8-23(24)31-38(35,36)25-6-2-4-20-5-3-9-30-26(20)25/h2-9,14-17,31H,10-13,18H2,1H3. The van der Waals surface area contributed by atoms with E-state index in [1.807, 2.05) is 0 Å². The van der Waals surface area contributed by atoms with E-state index in [1.165, 1.54) is 37.6 Å². The molecular formula is C27H26FN5O4S. The van der Waals surface area contributed by atoms with Gasteiger partial charge < -0.3 is 9.64 Å². The number of nitrogens with zero attached hydrogens (tertiary/aromatic N) is 4. The number of hydrogen-bond acceptors (Lipinski definition) is 7. The van der Waals surface area contributed by atoms with Gasteiger partial charge in [-0.1, -0.05) is 18.2 Å². The summed E-state index contributed by atoms with van der Waals surface area (Å²) in [7, 11) is -2.56. The molecule has 5 rings (SSSR count). The molecular weight excluding hydrogens is 509 g/mol. The van der Waals surface area contributed by atoms with Crippen molar-refractivity contribution < 1.29 is 22.3 Å². The molecule has 0 spiro atoms. The number of methoxy groups -OCH3 is 1. The zero-order valence-electron chi connectivity index (χ0n) is 20.7. The largest absolute Gasteiger partial charge is 0.495 e. The number of sulfonamides is 1. The number of nitrogens with one attached hydrogen (secondary N) is 1. The molecule has 1 saturated heterocycles. The molecule has 1 N–H and O–H groups in total. The molecule has 11 heteroatoms. The Bertz CT molecular complexity index is 1580. The number of benzene rings is 2. The number of halogens is 1. The number of rotatable bonds is 7. The monoisotopic (exact) mass is 535 g/mol. The van der Waals surface area contributed by atoms with Crippen molar-refractivity contribution in [3.63, 3.8) is 0 Å². The van der Waals surface area contributed by atoms with Gasteiger partial charge in [-0.25, -0.2) is 12.8 Å². The number of hydrogen-bond donors (Lipinski definition) is 1. The first-order chi connectivity index (χ1) is 18.3. The Kier molecular flexibility index (Phi) is 7.21. The van der Waals surface area contributed by atoms with E-state index in [9.17, 15) is 17.6 Å². The first kappa shape index (κ1) is 25.6. The van der Waals surface area contributed by atoms with E-state index < -0.39 is 10.0 Å². The lowest BCUT2D eigenvalue weighted by Gasteiger charge is -2.34. The molecule has 4 aromatic rings. The highest BCUT2D eigenvalue weighted by atomic mass is 32.2. The second-order valence-electron chi connectivity index (χ2n) is 8.93. The Morgan fingerprint density at radius 2 is 1.84 bits per heavy atom. The fourth-order valence-corrected chi connectivity index (χ4v) is 5.74. The molecule has 38 heavy (non-hydrogen) atoms. The van der Waals surface area contributed by atoms with Crippen LogP contribution in [0.5, 0.6) is 5.75 Å². The SMILES string of the molecule is COc1cc(C(=O)N2CCN(Cc3cncc(F)c3)CC2)ccc1NS(=O)(=O)c1cccc2cccnc12. The summed E-state index contributed by atoms with van der Waals surface area (Å²) in [5.41, 5.74) is 1.75. The number of ether oxygens (including phenoxy) is 1. The van der Waals surface area contributed by atoms with Crippen LogP contribution in [0.25, 0.3) is 10.9 Å². The summed E-state index contributed by atoms with van der Waals surface area (Å²) in [6.07, 6.45) is 4.35. The van der Waals surface area contributed by atoms with E-state index in [0.29, 0.717) is 49.2 Å². The minimum atomic E-state index is -3.98. The van der Waals surface area contributed by atoms with Gasteiger partial charge >= 0.3 is 0 Å². The minimum Gasteiger partial charge on any atom is -0.495 e. The van der Waals surface area contributed by atoms with Crippen LogP contribution in [-0.2, 0) is 16.6 Å². The zero-order valence-corrected chi connectivity index (χ0v) is 21.5. The number of amides is 1. The van der Waals surface area contributed by atoms with Crippen molar-refractivity contribution >= 4 is 32.5 Å². The maximum Gasteiger partial charge on any atom is 0.264 e.